The lowest BCUT2D eigenvalue weighted by Gasteiger charge is -2.13. The molecule has 0 atom stereocenters. The minimum Gasteiger partial charge on any atom is -0.299 e. The first-order valence-corrected chi connectivity index (χ1v) is 8.77. The molecule has 1 aromatic heterocycles. The largest absolute Gasteiger partial charge is 0.299 e. The van der Waals surface area contributed by atoms with Crippen LogP contribution in [0.5, 0.6) is 0 Å². The number of Topliss-reactive ketones (excluding diaryl/α,β-unsaturated/α-hetero) is 1. The molecule has 3 rings (SSSR count). The summed E-state index contributed by atoms with van der Waals surface area (Å²) in [6.45, 7) is 1.93. The van der Waals surface area contributed by atoms with Gasteiger partial charge in [-0.15, -0.1) is 0 Å². The van der Waals surface area contributed by atoms with Gasteiger partial charge in [0, 0.05) is 5.02 Å². The first-order valence-electron chi connectivity index (χ1n) is 7.41. The van der Waals surface area contributed by atoms with Crippen LogP contribution in [0, 0.1) is 0 Å². The molecular weight excluding hydrogens is 344 g/mol. The lowest BCUT2D eigenvalue weighted by molar-refractivity contribution is -0.114. The minimum absolute atomic E-state index is 0.0340. The van der Waals surface area contributed by atoms with E-state index in [0.29, 0.717) is 27.6 Å². The second kappa shape index (κ2) is 7.20. The fourth-order valence-electron chi connectivity index (χ4n) is 2.36. The van der Waals surface area contributed by atoms with Crippen LogP contribution in [0.15, 0.2) is 58.5 Å². The van der Waals surface area contributed by atoms with Crippen LogP contribution >= 0.6 is 23.4 Å². The average molecular weight is 359 g/mol. The Morgan fingerprint density at radius 3 is 2.67 bits per heavy atom. The van der Waals surface area contributed by atoms with Crippen LogP contribution in [0.1, 0.15) is 12.5 Å². The summed E-state index contributed by atoms with van der Waals surface area (Å²) in [6, 6.07) is 14.7. The van der Waals surface area contributed by atoms with Gasteiger partial charge in [0.05, 0.1) is 23.2 Å². The fourth-order valence-corrected chi connectivity index (χ4v) is 3.32. The van der Waals surface area contributed by atoms with Gasteiger partial charge in [-0.25, -0.2) is 4.98 Å². The zero-order valence-electron chi connectivity index (χ0n) is 13.0. The maximum Gasteiger partial charge on any atom is 0.262 e. The molecule has 0 N–H and O–H groups in total. The Morgan fingerprint density at radius 1 is 1.21 bits per heavy atom. The Morgan fingerprint density at radius 2 is 1.96 bits per heavy atom. The molecule has 0 unspecified atom stereocenters. The third kappa shape index (κ3) is 3.68. The van der Waals surface area contributed by atoms with E-state index in [4.69, 9.17) is 11.6 Å². The van der Waals surface area contributed by atoms with E-state index >= 15 is 0 Å². The monoisotopic (exact) mass is 358 g/mol. The zero-order valence-corrected chi connectivity index (χ0v) is 14.6. The SMILES string of the molecule is CC(=O)CSc1nc2cc(Cl)ccc2c(=O)n1Cc1ccccc1. The van der Waals surface area contributed by atoms with Crippen molar-refractivity contribution in [3.05, 3.63) is 69.5 Å². The summed E-state index contributed by atoms with van der Waals surface area (Å²) in [5.74, 6) is 0.305. The number of thioether (sulfide) groups is 1. The number of hydrogen-bond acceptors (Lipinski definition) is 4. The van der Waals surface area contributed by atoms with Crippen molar-refractivity contribution in [2.75, 3.05) is 5.75 Å². The number of benzene rings is 2. The molecule has 122 valence electrons. The van der Waals surface area contributed by atoms with E-state index in [2.05, 4.69) is 4.98 Å². The molecule has 6 heteroatoms. The second-order valence-corrected chi connectivity index (χ2v) is 6.80. The Kier molecular flexibility index (Phi) is 5.02. The Hall–Kier alpha value is -2.11. The number of halogens is 1. The van der Waals surface area contributed by atoms with Crippen molar-refractivity contribution in [2.45, 2.75) is 18.6 Å². The molecule has 2 aromatic carbocycles. The first kappa shape index (κ1) is 16.7. The summed E-state index contributed by atoms with van der Waals surface area (Å²) in [4.78, 5) is 28.8. The fraction of sp³-hybridized carbons (Fsp3) is 0.167. The lowest BCUT2D eigenvalue weighted by Crippen LogP contribution is -2.24. The van der Waals surface area contributed by atoms with Crippen molar-refractivity contribution >= 4 is 40.0 Å². The van der Waals surface area contributed by atoms with Crippen molar-refractivity contribution in [2.24, 2.45) is 0 Å². The molecule has 0 bridgehead atoms. The normalized spacial score (nSPS) is 10.9. The number of carbonyl (C=O) groups excluding carboxylic acids is 1. The van der Waals surface area contributed by atoms with E-state index in [1.165, 1.54) is 18.7 Å². The van der Waals surface area contributed by atoms with Crippen LogP contribution in [0.4, 0.5) is 0 Å². The summed E-state index contributed by atoms with van der Waals surface area (Å²) in [7, 11) is 0. The number of rotatable bonds is 5. The number of aromatic nitrogens is 2. The molecule has 3 aromatic rings. The van der Waals surface area contributed by atoms with Crippen molar-refractivity contribution in [1.82, 2.24) is 9.55 Å². The average Bonchev–Trinajstić information content (AvgIpc) is 2.56. The van der Waals surface area contributed by atoms with Gasteiger partial charge in [-0.1, -0.05) is 53.7 Å². The van der Waals surface area contributed by atoms with Crippen molar-refractivity contribution < 1.29 is 4.79 Å². The molecule has 0 amide bonds. The van der Waals surface area contributed by atoms with Gasteiger partial charge in [0.25, 0.3) is 5.56 Å². The third-order valence-corrected chi connectivity index (χ3v) is 4.83. The van der Waals surface area contributed by atoms with E-state index in [-0.39, 0.29) is 17.1 Å². The molecule has 0 spiro atoms. The van der Waals surface area contributed by atoms with Crippen LogP contribution in [0.2, 0.25) is 5.02 Å². The maximum absolute atomic E-state index is 12.9. The van der Waals surface area contributed by atoms with Crippen LogP contribution in [-0.2, 0) is 11.3 Å². The van der Waals surface area contributed by atoms with Crippen LogP contribution in [-0.4, -0.2) is 21.1 Å². The quantitative estimate of drug-likeness (QED) is 0.514. The molecule has 0 radical (unpaired) electrons. The van der Waals surface area contributed by atoms with Crippen molar-refractivity contribution in [3.8, 4) is 0 Å². The number of carbonyl (C=O) groups is 1. The second-order valence-electron chi connectivity index (χ2n) is 5.42. The maximum atomic E-state index is 12.9. The topological polar surface area (TPSA) is 52.0 Å². The van der Waals surface area contributed by atoms with Gasteiger partial charge < -0.3 is 0 Å². The highest BCUT2D eigenvalue weighted by Gasteiger charge is 2.13. The van der Waals surface area contributed by atoms with Gasteiger partial charge in [0.2, 0.25) is 0 Å². The highest BCUT2D eigenvalue weighted by molar-refractivity contribution is 7.99. The summed E-state index contributed by atoms with van der Waals surface area (Å²) in [6.07, 6.45) is 0. The highest BCUT2D eigenvalue weighted by Crippen LogP contribution is 2.21. The predicted molar refractivity (Wildman–Crippen MR) is 98.0 cm³/mol. The number of ketones is 1. The van der Waals surface area contributed by atoms with Crippen molar-refractivity contribution in [3.63, 3.8) is 0 Å². The zero-order chi connectivity index (χ0) is 17.1. The van der Waals surface area contributed by atoms with Crippen LogP contribution < -0.4 is 5.56 Å². The van der Waals surface area contributed by atoms with Gasteiger partial charge >= 0.3 is 0 Å². The molecule has 1 heterocycles. The van der Waals surface area contributed by atoms with E-state index in [1.54, 1.807) is 22.8 Å². The summed E-state index contributed by atoms with van der Waals surface area (Å²) in [5, 5.41) is 1.56. The van der Waals surface area contributed by atoms with Gasteiger partial charge in [0.1, 0.15) is 5.78 Å². The van der Waals surface area contributed by atoms with Crippen molar-refractivity contribution in [1.29, 1.82) is 0 Å². The van der Waals surface area contributed by atoms with Gasteiger partial charge in [0.15, 0.2) is 5.16 Å². The molecule has 0 aliphatic rings. The summed E-state index contributed by atoms with van der Waals surface area (Å²) < 4.78 is 1.61. The Labute approximate surface area is 148 Å². The predicted octanol–water partition coefficient (Wildman–Crippen LogP) is 3.78. The number of nitrogens with zero attached hydrogens (tertiary/aromatic N) is 2. The summed E-state index contributed by atoms with van der Waals surface area (Å²) >= 11 is 7.28. The molecule has 0 aliphatic carbocycles. The van der Waals surface area contributed by atoms with E-state index in [0.717, 1.165) is 5.56 Å². The summed E-state index contributed by atoms with van der Waals surface area (Å²) in [5.41, 5.74) is 1.41. The number of fused-ring (bicyclic) bond motifs is 1. The Balaban J connectivity index is 2.14. The van der Waals surface area contributed by atoms with Crippen LogP contribution in [0.3, 0.4) is 0 Å². The molecule has 0 aliphatic heterocycles. The van der Waals surface area contributed by atoms with E-state index in [9.17, 15) is 9.59 Å². The molecule has 0 saturated heterocycles. The van der Waals surface area contributed by atoms with E-state index in [1.807, 2.05) is 30.3 Å². The highest BCUT2D eigenvalue weighted by atomic mass is 35.5. The van der Waals surface area contributed by atoms with E-state index < -0.39 is 0 Å². The van der Waals surface area contributed by atoms with Gasteiger partial charge in [-0.05, 0) is 30.7 Å². The third-order valence-electron chi connectivity index (χ3n) is 3.47. The first-order chi connectivity index (χ1) is 11.5. The van der Waals surface area contributed by atoms with Crippen LogP contribution in [0.25, 0.3) is 10.9 Å². The molecule has 0 saturated carbocycles. The molecule has 24 heavy (non-hydrogen) atoms. The molecule has 4 nitrogen and oxygen atoms in total. The van der Waals surface area contributed by atoms with Gasteiger partial charge in [-0.3, -0.25) is 14.2 Å². The molecular formula is C18H15ClN2O2S. The standard InChI is InChI=1S/C18H15ClN2O2S/c1-12(22)11-24-18-20-16-9-14(19)7-8-15(16)17(23)21(18)10-13-5-3-2-4-6-13/h2-9H,10-11H2,1H3. The number of hydrogen-bond donors (Lipinski definition) is 0. The minimum atomic E-state index is -0.133. The van der Waals surface area contributed by atoms with Gasteiger partial charge in [-0.2, -0.15) is 0 Å². The smallest absolute Gasteiger partial charge is 0.262 e. The molecule has 0 fully saturated rings. The lowest BCUT2D eigenvalue weighted by atomic mass is 10.2. The Bertz CT molecular complexity index is 954.